The zero-order valence-electron chi connectivity index (χ0n) is 20.2. The molecule has 1 atom stereocenters. The number of hydrogen-bond donors (Lipinski definition) is 1. The van der Waals surface area contributed by atoms with Crippen LogP contribution in [0.2, 0.25) is 0 Å². The standard InChI is InChI=1S/C28H27N5O3/c1-19-17-33(25-9-4-3-8-23(19)25)28-31-16-24(26(34)30-15-21-7-5-6-14-29-21)27(32-28)36-18-20-10-12-22(35-2)13-11-20/h3-14,16,19H,15,17-18H2,1-2H3,(H,30,34). The molecular weight excluding hydrogens is 454 g/mol. The number of carbonyl (C=O) groups excluding carboxylic acids is 1. The van der Waals surface area contributed by atoms with Gasteiger partial charge in [0.25, 0.3) is 5.91 Å². The van der Waals surface area contributed by atoms with Gasteiger partial charge in [0.2, 0.25) is 11.8 Å². The Morgan fingerprint density at radius 3 is 2.64 bits per heavy atom. The number of fused-ring (bicyclic) bond motifs is 1. The zero-order valence-corrected chi connectivity index (χ0v) is 20.2. The van der Waals surface area contributed by atoms with Crippen molar-refractivity contribution in [1.29, 1.82) is 0 Å². The van der Waals surface area contributed by atoms with Crippen LogP contribution < -0.4 is 19.7 Å². The molecule has 0 saturated carbocycles. The number of carbonyl (C=O) groups is 1. The number of rotatable bonds is 8. The van der Waals surface area contributed by atoms with Gasteiger partial charge >= 0.3 is 0 Å². The van der Waals surface area contributed by atoms with Gasteiger partial charge < -0.3 is 19.7 Å². The maximum absolute atomic E-state index is 13.1. The van der Waals surface area contributed by atoms with E-state index in [9.17, 15) is 4.79 Å². The molecule has 1 aliphatic heterocycles. The Bertz CT molecular complexity index is 1350. The smallest absolute Gasteiger partial charge is 0.258 e. The number of methoxy groups -OCH3 is 1. The van der Waals surface area contributed by atoms with Crippen LogP contribution in [0, 0.1) is 0 Å². The number of para-hydroxylation sites is 1. The first-order valence-electron chi connectivity index (χ1n) is 11.8. The Morgan fingerprint density at radius 1 is 1.06 bits per heavy atom. The summed E-state index contributed by atoms with van der Waals surface area (Å²) < 4.78 is 11.3. The summed E-state index contributed by atoms with van der Waals surface area (Å²) in [6.45, 7) is 3.46. The lowest BCUT2D eigenvalue weighted by Gasteiger charge is -2.19. The molecule has 0 fully saturated rings. The second-order valence-corrected chi connectivity index (χ2v) is 8.60. The van der Waals surface area contributed by atoms with E-state index in [1.165, 1.54) is 11.8 Å². The lowest BCUT2D eigenvalue weighted by molar-refractivity contribution is 0.0944. The molecular formula is C28H27N5O3. The van der Waals surface area contributed by atoms with Crippen LogP contribution in [0.5, 0.6) is 11.6 Å². The number of aromatic nitrogens is 3. The molecule has 0 aliphatic carbocycles. The Balaban J connectivity index is 1.42. The molecule has 1 unspecified atom stereocenters. The fraction of sp³-hybridized carbons (Fsp3) is 0.214. The first-order valence-corrected chi connectivity index (χ1v) is 11.8. The molecule has 1 aliphatic rings. The summed E-state index contributed by atoms with van der Waals surface area (Å²) in [7, 11) is 1.63. The van der Waals surface area contributed by atoms with Crippen LogP contribution in [0.3, 0.4) is 0 Å². The number of nitrogens with one attached hydrogen (secondary N) is 1. The van der Waals surface area contributed by atoms with Crippen molar-refractivity contribution in [3.05, 3.63) is 102 Å². The second-order valence-electron chi connectivity index (χ2n) is 8.60. The molecule has 182 valence electrons. The maximum Gasteiger partial charge on any atom is 0.258 e. The molecule has 2 aromatic heterocycles. The molecule has 1 N–H and O–H groups in total. The highest BCUT2D eigenvalue weighted by Gasteiger charge is 2.29. The molecule has 0 radical (unpaired) electrons. The number of nitrogens with zero attached hydrogens (tertiary/aromatic N) is 4. The fourth-order valence-electron chi connectivity index (χ4n) is 4.21. The molecule has 0 bridgehead atoms. The second kappa shape index (κ2) is 10.4. The maximum atomic E-state index is 13.1. The molecule has 8 nitrogen and oxygen atoms in total. The van der Waals surface area contributed by atoms with E-state index in [4.69, 9.17) is 14.5 Å². The number of ether oxygens (including phenoxy) is 2. The predicted molar refractivity (Wildman–Crippen MR) is 137 cm³/mol. The van der Waals surface area contributed by atoms with Crippen LogP contribution in [-0.2, 0) is 13.2 Å². The van der Waals surface area contributed by atoms with Gasteiger partial charge in [-0.25, -0.2) is 4.98 Å². The number of amides is 1. The van der Waals surface area contributed by atoms with E-state index in [0.717, 1.165) is 29.2 Å². The first-order chi connectivity index (χ1) is 17.6. The highest BCUT2D eigenvalue weighted by Crippen LogP contribution is 2.39. The van der Waals surface area contributed by atoms with Gasteiger partial charge in [-0.3, -0.25) is 9.78 Å². The molecule has 2 aromatic carbocycles. The highest BCUT2D eigenvalue weighted by atomic mass is 16.5. The molecule has 0 saturated heterocycles. The van der Waals surface area contributed by atoms with Gasteiger partial charge in [-0.15, -0.1) is 0 Å². The van der Waals surface area contributed by atoms with Crippen molar-refractivity contribution in [2.24, 2.45) is 0 Å². The van der Waals surface area contributed by atoms with Gasteiger partial charge in [-0.05, 0) is 41.5 Å². The number of hydrogen-bond acceptors (Lipinski definition) is 7. The van der Waals surface area contributed by atoms with Crippen molar-refractivity contribution in [3.63, 3.8) is 0 Å². The predicted octanol–water partition coefficient (Wildman–Crippen LogP) is 4.64. The quantitative estimate of drug-likeness (QED) is 0.392. The molecule has 3 heterocycles. The third-order valence-electron chi connectivity index (χ3n) is 6.13. The van der Waals surface area contributed by atoms with Crippen LogP contribution in [0.4, 0.5) is 11.6 Å². The first kappa shape index (κ1) is 23.3. The van der Waals surface area contributed by atoms with Crippen molar-refractivity contribution in [2.45, 2.75) is 26.0 Å². The van der Waals surface area contributed by atoms with E-state index in [2.05, 4.69) is 39.2 Å². The Labute approximate surface area is 210 Å². The minimum atomic E-state index is -0.327. The topological polar surface area (TPSA) is 89.5 Å². The van der Waals surface area contributed by atoms with E-state index in [1.54, 1.807) is 13.3 Å². The zero-order chi connectivity index (χ0) is 24.9. The van der Waals surface area contributed by atoms with E-state index >= 15 is 0 Å². The SMILES string of the molecule is COc1ccc(COc2nc(N3CC(C)c4ccccc43)ncc2C(=O)NCc2ccccn2)cc1. The normalized spacial score (nSPS) is 14.3. The van der Waals surface area contributed by atoms with Gasteiger partial charge in [-0.2, -0.15) is 4.98 Å². The van der Waals surface area contributed by atoms with Gasteiger partial charge in [0.15, 0.2) is 0 Å². The minimum Gasteiger partial charge on any atom is -0.497 e. The third kappa shape index (κ3) is 4.98. The van der Waals surface area contributed by atoms with Gasteiger partial charge in [-0.1, -0.05) is 43.3 Å². The summed E-state index contributed by atoms with van der Waals surface area (Å²) >= 11 is 0. The van der Waals surface area contributed by atoms with Gasteiger partial charge in [0.1, 0.15) is 17.9 Å². The average molecular weight is 482 g/mol. The van der Waals surface area contributed by atoms with Crippen molar-refractivity contribution in [3.8, 4) is 11.6 Å². The Morgan fingerprint density at radius 2 is 1.86 bits per heavy atom. The van der Waals surface area contributed by atoms with Gasteiger partial charge in [0.05, 0.1) is 19.3 Å². The van der Waals surface area contributed by atoms with E-state index in [1.807, 2.05) is 54.6 Å². The van der Waals surface area contributed by atoms with Gasteiger partial charge in [0, 0.05) is 30.5 Å². The van der Waals surface area contributed by atoms with E-state index < -0.39 is 0 Å². The summed E-state index contributed by atoms with van der Waals surface area (Å²) in [5.41, 5.74) is 4.27. The molecule has 8 heteroatoms. The largest absolute Gasteiger partial charge is 0.497 e. The van der Waals surface area contributed by atoms with Crippen LogP contribution in [0.1, 0.15) is 40.0 Å². The van der Waals surface area contributed by atoms with E-state index in [0.29, 0.717) is 11.9 Å². The molecule has 0 spiro atoms. The number of anilines is 2. The third-order valence-corrected chi connectivity index (χ3v) is 6.13. The monoisotopic (exact) mass is 481 g/mol. The lowest BCUT2D eigenvalue weighted by Crippen LogP contribution is -2.25. The Hall–Kier alpha value is -4.46. The molecule has 1 amide bonds. The van der Waals surface area contributed by atoms with E-state index in [-0.39, 0.29) is 30.5 Å². The molecule has 5 rings (SSSR count). The Kier molecular flexibility index (Phi) is 6.75. The van der Waals surface area contributed by atoms with Crippen LogP contribution >= 0.6 is 0 Å². The summed E-state index contributed by atoms with van der Waals surface area (Å²) in [6, 6.07) is 21.4. The van der Waals surface area contributed by atoms with Crippen LogP contribution in [-0.4, -0.2) is 34.5 Å². The summed E-state index contributed by atoms with van der Waals surface area (Å²) in [4.78, 5) is 28.7. The van der Waals surface area contributed by atoms with Crippen molar-refractivity contribution in [1.82, 2.24) is 20.3 Å². The molecule has 4 aromatic rings. The summed E-state index contributed by atoms with van der Waals surface area (Å²) in [5.74, 6) is 1.51. The summed E-state index contributed by atoms with van der Waals surface area (Å²) in [5, 5.41) is 2.89. The lowest BCUT2D eigenvalue weighted by atomic mass is 10.0. The van der Waals surface area contributed by atoms with Crippen molar-refractivity contribution < 1.29 is 14.3 Å². The minimum absolute atomic E-state index is 0.228. The average Bonchev–Trinajstić information content (AvgIpc) is 3.27. The molecule has 36 heavy (non-hydrogen) atoms. The number of pyridine rings is 1. The highest BCUT2D eigenvalue weighted by molar-refractivity contribution is 5.96. The fourth-order valence-corrected chi connectivity index (χ4v) is 4.21. The van der Waals surface area contributed by atoms with Crippen molar-refractivity contribution >= 4 is 17.5 Å². The van der Waals surface area contributed by atoms with Crippen molar-refractivity contribution in [2.75, 3.05) is 18.6 Å². The van der Waals surface area contributed by atoms with Crippen LogP contribution in [0.15, 0.2) is 79.1 Å². The number of benzene rings is 2. The summed E-state index contributed by atoms with van der Waals surface area (Å²) in [6.07, 6.45) is 3.22. The van der Waals surface area contributed by atoms with Crippen LogP contribution in [0.25, 0.3) is 0 Å².